The van der Waals surface area contributed by atoms with Crippen LogP contribution in [0.4, 0.5) is 4.39 Å². The Kier molecular flexibility index (Phi) is 9.32. The number of aliphatic imine (C=N–C) groups is 1. The van der Waals surface area contributed by atoms with Crippen LogP contribution in [0.15, 0.2) is 47.7 Å². The van der Waals surface area contributed by atoms with Gasteiger partial charge in [0.15, 0.2) is 17.5 Å². The number of hydrogen-bond acceptors (Lipinski definition) is 3. The van der Waals surface area contributed by atoms with E-state index in [0.717, 1.165) is 5.56 Å². The third-order valence-corrected chi connectivity index (χ3v) is 2.98. The molecule has 0 atom stereocenters. The summed E-state index contributed by atoms with van der Waals surface area (Å²) in [4.78, 5) is 8.28. The van der Waals surface area contributed by atoms with Crippen molar-refractivity contribution in [1.82, 2.24) is 15.6 Å². The van der Waals surface area contributed by atoms with E-state index in [2.05, 4.69) is 26.5 Å². The SMILES string of the molecule is C#CCNC(=NCc1ccc(Oc2cccnc2)c(F)c1)NCC.I. The van der Waals surface area contributed by atoms with E-state index in [0.29, 0.717) is 31.3 Å². The maximum Gasteiger partial charge on any atom is 0.192 e. The fourth-order valence-corrected chi connectivity index (χ4v) is 1.91. The van der Waals surface area contributed by atoms with Gasteiger partial charge in [-0.25, -0.2) is 9.38 Å². The van der Waals surface area contributed by atoms with Crippen LogP contribution in [-0.4, -0.2) is 24.0 Å². The Balaban J connectivity index is 0.00000312. The van der Waals surface area contributed by atoms with Gasteiger partial charge in [0.2, 0.25) is 0 Å². The Morgan fingerprint density at radius 3 is 2.84 bits per heavy atom. The van der Waals surface area contributed by atoms with Crippen molar-refractivity contribution in [3.05, 3.63) is 54.1 Å². The number of halogens is 2. The summed E-state index contributed by atoms with van der Waals surface area (Å²) in [5, 5.41) is 6.04. The van der Waals surface area contributed by atoms with Crippen molar-refractivity contribution in [3.8, 4) is 23.8 Å². The summed E-state index contributed by atoms with van der Waals surface area (Å²) in [7, 11) is 0. The van der Waals surface area contributed by atoms with Crippen molar-refractivity contribution in [2.75, 3.05) is 13.1 Å². The fourth-order valence-electron chi connectivity index (χ4n) is 1.91. The third kappa shape index (κ3) is 6.97. The van der Waals surface area contributed by atoms with Gasteiger partial charge in [-0.05, 0) is 36.8 Å². The van der Waals surface area contributed by atoms with E-state index in [1.807, 2.05) is 6.92 Å². The first-order valence-corrected chi connectivity index (χ1v) is 7.55. The number of hydrogen-bond donors (Lipinski definition) is 2. The molecule has 1 aromatic carbocycles. The van der Waals surface area contributed by atoms with Crippen LogP contribution in [0.3, 0.4) is 0 Å². The molecule has 5 nitrogen and oxygen atoms in total. The molecule has 1 heterocycles. The average Bonchev–Trinajstić information content (AvgIpc) is 2.60. The maximum atomic E-state index is 14.2. The molecule has 0 saturated heterocycles. The smallest absolute Gasteiger partial charge is 0.192 e. The number of ether oxygens (including phenoxy) is 1. The van der Waals surface area contributed by atoms with Gasteiger partial charge in [0, 0.05) is 12.7 Å². The second-order valence-corrected chi connectivity index (χ2v) is 4.81. The van der Waals surface area contributed by atoms with Crippen LogP contribution in [-0.2, 0) is 6.54 Å². The van der Waals surface area contributed by atoms with Gasteiger partial charge in [0.05, 0.1) is 19.3 Å². The molecule has 25 heavy (non-hydrogen) atoms. The Labute approximate surface area is 164 Å². The normalized spacial score (nSPS) is 10.4. The fraction of sp³-hybridized carbons (Fsp3) is 0.222. The molecule has 0 amide bonds. The van der Waals surface area contributed by atoms with E-state index >= 15 is 0 Å². The lowest BCUT2D eigenvalue weighted by Crippen LogP contribution is -2.37. The number of pyridine rings is 1. The summed E-state index contributed by atoms with van der Waals surface area (Å²) in [6.45, 7) is 3.36. The predicted molar refractivity (Wildman–Crippen MR) is 108 cm³/mol. The van der Waals surface area contributed by atoms with Crippen molar-refractivity contribution in [2.45, 2.75) is 13.5 Å². The lowest BCUT2D eigenvalue weighted by atomic mass is 10.2. The Morgan fingerprint density at radius 1 is 1.36 bits per heavy atom. The lowest BCUT2D eigenvalue weighted by molar-refractivity contribution is 0.440. The highest BCUT2D eigenvalue weighted by molar-refractivity contribution is 14.0. The number of terminal acetylenes is 1. The minimum atomic E-state index is -0.451. The molecule has 0 aliphatic heterocycles. The molecule has 0 bridgehead atoms. The van der Waals surface area contributed by atoms with Crippen molar-refractivity contribution in [3.63, 3.8) is 0 Å². The van der Waals surface area contributed by atoms with Crippen molar-refractivity contribution < 1.29 is 9.13 Å². The van der Waals surface area contributed by atoms with Gasteiger partial charge in [0.1, 0.15) is 5.75 Å². The maximum absolute atomic E-state index is 14.2. The van der Waals surface area contributed by atoms with Crippen LogP contribution in [0.2, 0.25) is 0 Å². The molecule has 7 heteroatoms. The first-order chi connectivity index (χ1) is 11.7. The molecule has 0 aliphatic rings. The molecule has 0 fully saturated rings. The molecule has 0 radical (unpaired) electrons. The number of nitrogens with zero attached hydrogens (tertiary/aromatic N) is 2. The third-order valence-electron chi connectivity index (χ3n) is 2.98. The van der Waals surface area contributed by atoms with Crippen LogP contribution in [0.5, 0.6) is 11.5 Å². The molecule has 0 unspecified atom stereocenters. The van der Waals surface area contributed by atoms with Crippen LogP contribution in [0.1, 0.15) is 12.5 Å². The minimum absolute atomic E-state index is 0. The minimum Gasteiger partial charge on any atom is -0.453 e. The van der Waals surface area contributed by atoms with E-state index in [1.165, 1.54) is 12.3 Å². The number of guanidine groups is 1. The average molecular weight is 454 g/mol. The summed E-state index contributed by atoms with van der Waals surface area (Å²) in [5.41, 5.74) is 0.726. The summed E-state index contributed by atoms with van der Waals surface area (Å²) in [6.07, 6.45) is 8.37. The first-order valence-electron chi connectivity index (χ1n) is 7.55. The summed E-state index contributed by atoms with van der Waals surface area (Å²) < 4.78 is 19.6. The zero-order valence-electron chi connectivity index (χ0n) is 13.8. The van der Waals surface area contributed by atoms with E-state index in [4.69, 9.17) is 11.2 Å². The molecule has 1 aromatic heterocycles. The number of aromatic nitrogens is 1. The molecule has 2 N–H and O–H groups in total. The number of rotatable bonds is 6. The zero-order valence-corrected chi connectivity index (χ0v) is 16.2. The van der Waals surface area contributed by atoms with Gasteiger partial charge in [-0.1, -0.05) is 12.0 Å². The van der Waals surface area contributed by atoms with E-state index < -0.39 is 5.82 Å². The van der Waals surface area contributed by atoms with Gasteiger partial charge in [-0.2, -0.15) is 0 Å². The largest absolute Gasteiger partial charge is 0.453 e. The van der Waals surface area contributed by atoms with E-state index in [9.17, 15) is 4.39 Å². The summed E-state index contributed by atoms with van der Waals surface area (Å²) in [5.74, 6) is 3.25. The van der Waals surface area contributed by atoms with Crippen molar-refractivity contribution in [1.29, 1.82) is 0 Å². The van der Waals surface area contributed by atoms with Crippen molar-refractivity contribution >= 4 is 29.9 Å². The van der Waals surface area contributed by atoms with Gasteiger partial charge in [0.25, 0.3) is 0 Å². The number of nitrogens with one attached hydrogen (secondary N) is 2. The van der Waals surface area contributed by atoms with E-state index in [-0.39, 0.29) is 29.7 Å². The molecule has 2 aromatic rings. The molecule has 0 spiro atoms. The second kappa shape index (κ2) is 11.3. The highest BCUT2D eigenvalue weighted by Gasteiger charge is 2.06. The number of benzene rings is 1. The highest BCUT2D eigenvalue weighted by atomic mass is 127. The Hall–Kier alpha value is -2.34. The molecule has 0 saturated carbocycles. The predicted octanol–water partition coefficient (Wildman–Crippen LogP) is 3.32. The monoisotopic (exact) mass is 454 g/mol. The van der Waals surface area contributed by atoms with Gasteiger partial charge in [-0.3, -0.25) is 4.98 Å². The summed E-state index contributed by atoms with van der Waals surface area (Å²) in [6, 6.07) is 8.18. The molecular weight excluding hydrogens is 434 g/mol. The van der Waals surface area contributed by atoms with Crippen LogP contribution in [0, 0.1) is 18.2 Å². The highest BCUT2D eigenvalue weighted by Crippen LogP contribution is 2.24. The molecule has 0 aliphatic carbocycles. The van der Waals surface area contributed by atoms with Crippen molar-refractivity contribution in [2.24, 2.45) is 4.99 Å². The Morgan fingerprint density at radius 2 is 2.20 bits per heavy atom. The first kappa shape index (κ1) is 20.7. The van der Waals surface area contributed by atoms with Crippen LogP contribution < -0.4 is 15.4 Å². The summed E-state index contributed by atoms with van der Waals surface area (Å²) >= 11 is 0. The second-order valence-electron chi connectivity index (χ2n) is 4.81. The quantitative estimate of drug-likeness (QED) is 0.305. The van der Waals surface area contributed by atoms with E-state index in [1.54, 1.807) is 30.5 Å². The topological polar surface area (TPSA) is 58.5 Å². The molecular formula is C18H20FIN4O. The van der Waals surface area contributed by atoms with Crippen LogP contribution >= 0.6 is 24.0 Å². The zero-order chi connectivity index (χ0) is 17.2. The lowest BCUT2D eigenvalue weighted by Gasteiger charge is -2.10. The van der Waals surface area contributed by atoms with Gasteiger partial charge >= 0.3 is 0 Å². The van der Waals surface area contributed by atoms with Gasteiger partial charge in [-0.15, -0.1) is 30.4 Å². The van der Waals surface area contributed by atoms with Gasteiger partial charge < -0.3 is 15.4 Å². The molecule has 132 valence electrons. The molecule has 2 rings (SSSR count). The Bertz CT molecular complexity index is 732. The standard InChI is InChI=1S/C18H19FN4O.HI/c1-3-9-22-18(21-4-2)23-12-14-7-8-17(16(19)11-14)24-15-6-5-10-20-13-15;/h1,5-8,10-11,13H,4,9,12H2,2H3,(H2,21,22,23);1H. The van der Waals surface area contributed by atoms with Crippen LogP contribution in [0.25, 0.3) is 0 Å².